The fraction of sp³-hybridized carbons (Fsp3) is 0.273. The lowest BCUT2D eigenvalue weighted by Crippen LogP contribution is -2.35. The zero-order valence-corrected chi connectivity index (χ0v) is 15.7. The Labute approximate surface area is 166 Å². The first-order valence-corrected chi connectivity index (χ1v) is 9.84. The summed E-state index contributed by atoms with van der Waals surface area (Å²) in [4.78, 5) is 22.6. The van der Waals surface area contributed by atoms with Gasteiger partial charge >= 0.3 is 0 Å². The van der Waals surface area contributed by atoms with Crippen molar-refractivity contribution in [2.45, 2.75) is 19.3 Å². The Balaban J connectivity index is 1.46. The van der Waals surface area contributed by atoms with Crippen LogP contribution in [-0.2, 0) is 4.79 Å². The van der Waals surface area contributed by atoms with Crippen molar-refractivity contribution >= 4 is 28.1 Å². The number of aromatic nitrogens is 4. The SMILES string of the molecule is N#C[C@@]1(C2CC2)CCN(c2ccnn3cc(-c4c[nH]c5ncccc45)cc23)C1=O. The third kappa shape index (κ3) is 2.20. The third-order valence-corrected chi connectivity index (χ3v) is 6.37. The lowest BCUT2D eigenvalue weighted by molar-refractivity contribution is -0.123. The Morgan fingerprint density at radius 2 is 2.17 bits per heavy atom. The van der Waals surface area contributed by atoms with Gasteiger partial charge in [-0.1, -0.05) is 0 Å². The molecule has 2 aliphatic rings. The smallest absolute Gasteiger partial charge is 0.247 e. The average molecular weight is 382 g/mol. The number of H-pyrrole nitrogens is 1. The van der Waals surface area contributed by atoms with Crippen LogP contribution in [0, 0.1) is 22.7 Å². The van der Waals surface area contributed by atoms with Crippen molar-refractivity contribution in [2.24, 2.45) is 11.3 Å². The van der Waals surface area contributed by atoms with Crippen LogP contribution >= 0.6 is 0 Å². The van der Waals surface area contributed by atoms with Gasteiger partial charge in [0.25, 0.3) is 0 Å². The molecule has 7 heteroatoms. The molecule has 7 nitrogen and oxygen atoms in total. The maximum absolute atomic E-state index is 13.3. The highest BCUT2D eigenvalue weighted by atomic mass is 16.2. The van der Waals surface area contributed by atoms with E-state index in [0.717, 1.165) is 46.2 Å². The Morgan fingerprint density at radius 1 is 1.28 bits per heavy atom. The van der Waals surface area contributed by atoms with Crippen LogP contribution in [0.25, 0.3) is 27.7 Å². The van der Waals surface area contributed by atoms with Gasteiger partial charge in [-0.2, -0.15) is 10.4 Å². The number of anilines is 1. The molecule has 1 aliphatic carbocycles. The maximum atomic E-state index is 13.3. The number of carbonyl (C=O) groups excluding carboxylic acids is 1. The van der Waals surface area contributed by atoms with Gasteiger partial charge in [0.05, 0.1) is 17.3 Å². The monoisotopic (exact) mass is 382 g/mol. The van der Waals surface area contributed by atoms with E-state index in [-0.39, 0.29) is 11.8 Å². The average Bonchev–Trinajstić information content (AvgIpc) is 3.23. The minimum absolute atomic E-state index is 0.0605. The molecule has 4 aromatic rings. The molecule has 6 rings (SSSR count). The molecule has 0 aromatic carbocycles. The van der Waals surface area contributed by atoms with Crippen molar-refractivity contribution < 1.29 is 4.79 Å². The van der Waals surface area contributed by atoms with Crippen LogP contribution in [0.2, 0.25) is 0 Å². The molecular formula is C22H18N6O. The number of hydrogen-bond acceptors (Lipinski definition) is 4. The highest BCUT2D eigenvalue weighted by Gasteiger charge is 2.57. The van der Waals surface area contributed by atoms with Crippen molar-refractivity contribution in [1.82, 2.24) is 19.6 Å². The Morgan fingerprint density at radius 3 is 3.00 bits per heavy atom. The molecule has 1 saturated carbocycles. The maximum Gasteiger partial charge on any atom is 0.247 e. The quantitative estimate of drug-likeness (QED) is 0.587. The van der Waals surface area contributed by atoms with Crippen LogP contribution in [0.1, 0.15) is 19.3 Å². The van der Waals surface area contributed by atoms with E-state index < -0.39 is 5.41 Å². The fourth-order valence-corrected chi connectivity index (χ4v) is 4.69. The summed E-state index contributed by atoms with van der Waals surface area (Å²) >= 11 is 0. The number of nitrogens with zero attached hydrogens (tertiary/aromatic N) is 5. The first-order chi connectivity index (χ1) is 14.2. The first-order valence-electron chi connectivity index (χ1n) is 9.84. The van der Waals surface area contributed by atoms with Gasteiger partial charge in [0.2, 0.25) is 5.91 Å². The summed E-state index contributed by atoms with van der Waals surface area (Å²) in [6.07, 6.45) is 9.93. The molecule has 1 saturated heterocycles. The summed E-state index contributed by atoms with van der Waals surface area (Å²) < 4.78 is 1.80. The second-order valence-electron chi connectivity index (χ2n) is 7.94. The number of hydrogen-bond donors (Lipinski definition) is 1. The van der Waals surface area contributed by atoms with E-state index in [1.54, 1.807) is 21.8 Å². The lowest BCUT2D eigenvalue weighted by atomic mass is 9.83. The second-order valence-corrected chi connectivity index (χ2v) is 7.94. The van der Waals surface area contributed by atoms with Crippen molar-refractivity contribution in [3.05, 3.63) is 49.1 Å². The number of nitriles is 1. The van der Waals surface area contributed by atoms with Crippen LogP contribution in [0.5, 0.6) is 0 Å². The standard InChI is InChI=1S/C22H18N6O/c23-13-22(15-3-4-15)6-9-27(21(22)29)18-5-8-26-28-12-14(10-19(18)28)17-11-25-20-16(17)2-1-7-24-20/h1-2,5,7-8,10-12,15H,3-4,6,9H2,(H,24,25)/t22-/m1/s1. The summed E-state index contributed by atoms with van der Waals surface area (Å²) in [5, 5.41) is 15.3. The molecule has 2 fully saturated rings. The number of fused-ring (bicyclic) bond motifs is 2. The van der Waals surface area contributed by atoms with Crippen LogP contribution in [0.15, 0.2) is 49.1 Å². The highest BCUT2D eigenvalue weighted by molar-refractivity contribution is 6.05. The number of rotatable bonds is 3. The molecule has 142 valence electrons. The van der Waals surface area contributed by atoms with Gasteiger partial charge in [-0.05, 0) is 49.4 Å². The summed E-state index contributed by atoms with van der Waals surface area (Å²) in [7, 11) is 0. The third-order valence-electron chi connectivity index (χ3n) is 6.37. The predicted molar refractivity (Wildman–Crippen MR) is 108 cm³/mol. The Kier molecular flexibility index (Phi) is 3.19. The summed E-state index contributed by atoms with van der Waals surface area (Å²) in [5.74, 6) is 0.151. The molecule has 5 heterocycles. The van der Waals surface area contributed by atoms with Crippen molar-refractivity contribution in [3.63, 3.8) is 0 Å². The molecule has 0 radical (unpaired) electrons. The molecule has 4 aromatic heterocycles. The van der Waals surface area contributed by atoms with Gasteiger partial charge < -0.3 is 9.88 Å². The van der Waals surface area contributed by atoms with E-state index in [2.05, 4.69) is 27.2 Å². The van der Waals surface area contributed by atoms with Gasteiger partial charge in [-0.3, -0.25) is 4.79 Å². The van der Waals surface area contributed by atoms with Gasteiger partial charge in [-0.15, -0.1) is 0 Å². The van der Waals surface area contributed by atoms with E-state index in [4.69, 9.17) is 0 Å². The predicted octanol–water partition coefficient (Wildman–Crippen LogP) is 3.53. The van der Waals surface area contributed by atoms with Crippen LogP contribution in [-0.4, -0.2) is 32.0 Å². The summed E-state index contributed by atoms with van der Waals surface area (Å²) in [6, 6.07) is 10.2. The van der Waals surface area contributed by atoms with Crippen molar-refractivity contribution in [2.75, 3.05) is 11.4 Å². The van der Waals surface area contributed by atoms with Crippen LogP contribution in [0.3, 0.4) is 0 Å². The van der Waals surface area contributed by atoms with Gasteiger partial charge in [-0.25, -0.2) is 9.50 Å². The zero-order chi connectivity index (χ0) is 19.6. The molecule has 0 spiro atoms. The number of pyridine rings is 1. The van der Waals surface area contributed by atoms with Crippen molar-refractivity contribution in [3.8, 4) is 17.2 Å². The van der Waals surface area contributed by atoms with Gasteiger partial charge in [0.1, 0.15) is 11.1 Å². The van der Waals surface area contributed by atoms with E-state index in [1.807, 2.05) is 30.6 Å². The van der Waals surface area contributed by atoms with Crippen molar-refractivity contribution in [1.29, 1.82) is 5.26 Å². The summed E-state index contributed by atoms with van der Waals surface area (Å²) in [6.45, 7) is 0.570. The topological polar surface area (TPSA) is 90.1 Å². The molecule has 0 bridgehead atoms. The van der Waals surface area contributed by atoms with E-state index >= 15 is 0 Å². The van der Waals surface area contributed by atoms with Gasteiger partial charge in [0.15, 0.2) is 0 Å². The summed E-state index contributed by atoms with van der Waals surface area (Å²) in [5.41, 5.74) is 3.71. The highest BCUT2D eigenvalue weighted by Crippen LogP contribution is 2.52. The Hall–Kier alpha value is -3.66. The van der Waals surface area contributed by atoms with Crippen LogP contribution in [0.4, 0.5) is 5.69 Å². The molecule has 1 atom stereocenters. The van der Waals surface area contributed by atoms with Gasteiger partial charge in [0, 0.05) is 47.8 Å². The second kappa shape index (κ2) is 5.67. The van der Waals surface area contributed by atoms with E-state index in [9.17, 15) is 10.1 Å². The lowest BCUT2D eigenvalue weighted by Gasteiger charge is -2.21. The zero-order valence-electron chi connectivity index (χ0n) is 15.7. The number of nitrogens with one attached hydrogen (secondary N) is 1. The van der Waals surface area contributed by atoms with E-state index in [1.165, 1.54) is 0 Å². The van der Waals surface area contributed by atoms with Crippen LogP contribution < -0.4 is 4.90 Å². The first kappa shape index (κ1) is 16.3. The fourth-order valence-electron chi connectivity index (χ4n) is 4.69. The number of aromatic amines is 1. The molecule has 29 heavy (non-hydrogen) atoms. The largest absolute Gasteiger partial charge is 0.346 e. The van der Waals surface area contributed by atoms with E-state index in [0.29, 0.717) is 13.0 Å². The number of carbonyl (C=O) groups is 1. The Bertz CT molecular complexity index is 1320. The normalized spacial score (nSPS) is 21.9. The molecule has 1 N–H and O–H groups in total. The molecular weight excluding hydrogens is 364 g/mol. The number of amides is 1. The molecule has 1 amide bonds. The molecule has 0 unspecified atom stereocenters. The minimum atomic E-state index is -0.849. The molecule has 1 aliphatic heterocycles. The minimum Gasteiger partial charge on any atom is -0.346 e.